The van der Waals surface area contributed by atoms with Crippen molar-refractivity contribution in [3.8, 4) is 0 Å². The molecule has 0 unspecified atom stereocenters. The average molecular weight is 393 g/mol. The lowest BCUT2D eigenvalue weighted by molar-refractivity contribution is 0.0683. The van der Waals surface area contributed by atoms with Crippen LogP contribution < -0.4 is 4.72 Å². The van der Waals surface area contributed by atoms with Gasteiger partial charge in [0.15, 0.2) is 0 Å². The molecule has 3 rings (SSSR count). The van der Waals surface area contributed by atoms with E-state index >= 15 is 0 Å². The number of likely N-dealkylation sites (tertiary alicyclic amines) is 1. The molecule has 1 saturated heterocycles. The molecule has 1 aliphatic heterocycles. The van der Waals surface area contributed by atoms with Gasteiger partial charge in [0.1, 0.15) is 4.90 Å². The van der Waals surface area contributed by atoms with Crippen molar-refractivity contribution in [3.05, 3.63) is 59.1 Å². The molecule has 1 fully saturated rings. The normalized spacial score (nSPS) is 17.8. The number of para-hydroxylation sites is 1. The van der Waals surface area contributed by atoms with Crippen LogP contribution in [0, 0.1) is 5.92 Å². The van der Waals surface area contributed by atoms with Crippen LogP contribution in [0.4, 0.5) is 5.69 Å². The van der Waals surface area contributed by atoms with E-state index in [0.717, 1.165) is 12.8 Å². The summed E-state index contributed by atoms with van der Waals surface area (Å²) in [5.41, 5.74) is 0.766. The van der Waals surface area contributed by atoms with Crippen LogP contribution in [-0.2, 0) is 10.0 Å². The number of benzene rings is 2. The van der Waals surface area contributed by atoms with E-state index in [-0.39, 0.29) is 15.8 Å². The summed E-state index contributed by atoms with van der Waals surface area (Å²) >= 11 is 6.12. The van der Waals surface area contributed by atoms with E-state index in [1.807, 2.05) is 0 Å². The Morgan fingerprint density at radius 3 is 2.62 bits per heavy atom. The van der Waals surface area contributed by atoms with Crippen LogP contribution in [-0.4, -0.2) is 32.3 Å². The van der Waals surface area contributed by atoms with Crippen LogP contribution in [0.1, 0.15) is 30.1 Å². The van der Waals surface area contributed by atoms with E-state index in [4.69, 9.17) is 11.6 Å². The van der Waals surface area contributed by atoms with Gasteiger partial charge in [-0.25, -0.2) is 8.42 Å². The molecule has 0 aliphatic carbocycles. The first-order valence-corrected chi connectivity index (χ1v) is 10.4. The number of hydrogen-bond acceptors (Lipinski definition) is 3. The zero-order valence-electron chi connectivity index (χ0n) is 14.5. The van der Waals surface area contributed by atoms with Gasteiger partial charge in [0.05, 0.1) is 5.02 Å². The van der Waals surface area contributed by atoms with Crippen molar-refractivity contribution in [2.75, 3.05) is 17.8 Å². The fraction of sp³-hybridized carbons (Fsp3) is 0.316. The molecule has 5 nitrogen and oxygen atoms in total. The summed E-state index contributed by atoms with van der Waals surface area (Å²) in [5.74, 6) is 0.285. The van der Waals surface area contributed by atoms with Crippen LogP contribution in [0.15, 0.2) is 53.4 Å². The molecule has 1 N–H and O–H groups in total. The van der Waals surface area contributed by atoms with E-state index in [0.29, 0.717) is 30.3 Å². The summed E-state index contributed by atoms with van der Waals surface area (Å²) in [4.78, 5) is 14.4. The maximum absolute atomic E-state index is 12.8. The topological polar surface area (TPSA) is 66.5 Å². The number of nitrogens with zero attached hydrogens (tertiary/aromatic N) is 1. The summed E-state index contributed by atoms with van der Waals surface area (Å²) < 4.78 is 27.9. The Labute approximate surface area is 159 Å². The van der Waals surface area contributed by atoms with Gasteiger partial charge in [0.25, 0.3) is 15.9 Å². The quantitative estimate of drug-likeness (QED) is 0.854. The number of rotatable bonds is 4. The van der Waals surface area contributed by atoms with Gasteiger partial charge in [-0.15, -0.1) is 0 Å². The Morgan fingerprint density at radius 1 is 1.19 bits per heavy atom. The predicted molar refractivity (Wildman–Crippen MR) is 103 cm³/mol. The van der Waals surface area contributed by atoms with Gasteiger partial charge in [0.2, 0.25) is 0 Å². The Kier molecular flexibility index (Phi) is 5.53. The Hall–Kier alpha value is -2.05. The maximum atomic E-state index is 12.8. The van der Waals surface area contributed by atoms with Crippen molar-refractivity contribution in [2.24, 2.45) is 5.92 Å². The Bertz CT molecular complexity index is 900. The summed E-state index contributed by atoms with van der Waals surface area (Å²) in [6, 6.07) is 12.9. The molecule has 1 heterocycles. The number of nitrogens with one attached hydrogen (secondary N) is 1. The molecule has 1 atom stereocenters. The minimum absolute atomic E-state index is 0.0805. The zero-order chi connectivity index (χ0) is 18.7. The highest BCUT2D eigenvalue weighted by molar-refractivity contribution is 7.92. The molecule has 0 spiro atoms. The second kappa shape index (κ2) is 7.68. The molecule has 7 heteroatoms. The van der Waals surface area contributed by atoms with Gasteiger partial charge in [-0.3, -0.25) is 9.52 Å². The minimum Gasteiger partial charge on any atom is -0.338 e. The van der Waals surface area contributed by atoms with Crippen LogP contribution in [0.25, 0.3) is 0 Å². The van der Waals surface area contributed by atoms with Gasteiger partial charge in [0, 0.05) is 24.3 Å². The van der Waals surface area contributed by atoms with Crippen molar-refractivity contribution in [1.82, 2.24) is 4.90 Å². The fourth-order valence-corrected chi connectivity index (χ4v) is 4.70. The van der Waals surface area contributed by atoms with Crippen molar-refractivity contribution in [3.63, 3.8) is 0 Å². The van der Waals surface area contributed by atoms with Gasteiger partial charge in [-0.1, -0.05) is 36.7 Å². The maximum Gasteiger partial charge on any atom is 0.263 e. The van der Waals surface area contributed by atoms with Crippen LogP contribution in [0.3, 0.4) is 0 Å². The first kappa shape index (κ1) is 18.7. The van der Waals surface area contributed by atoms with Crippen molar-refractivity contribution >= 4 is 33.2 Å². The molecule has 2 aromatic rings. The van der Waals surface area contributed by atoms with Crippen molar-refractivity contribution in [2.45, 2.75) is 24.7 Å². The lowest BCUT2D eigenvalue weighted by atomic mass is 9.99. The van der Waals surface area contributed by atoms with Crippen LogP contribution in [0.5, 0.6) is 0 Å². The zero-order valence-corrected chi connectivity index (χ0v) is 16.1. The number of halogens is 1. The number of sulfonamides is 1. The molecule has 2 aromatic carbocycles. The highest BCUT2D eigenvalue weighted by atomic mass is 35.5. The molecule has 0 radical (unpaired) electrons. The summed E-state index contributed by atoms with van der Waals surface area (Å²) in [6.07, 6.45) is 2.06. The van der Waals surface area contributed by atoms with Gasteiger partial charge < -0.3 is 4.90 Å². The molecule has 0 aromatic heterocycles. The molecule has 0 bridgehead atoms. The number of amides is 1. The Balaban J connectivity index is 1.88. The average Bonchev–Trinajstić information content (AvgIpc) is 2.62. The number of hydrogen-bond donors (Lipinski definition) is 1. The third kappa shape index (κ3) is 4.19. The lowest BCUT2D eigenvalue weighted by Gasteiger charge is -2.31. The molecule has 138 valence electrons. The van der Waals surface area contributed by atoms with Gasteiger partial charge in [-0.05, 0) is 49.1 Å². The first-order valence-electron chi connectivity index (χ1n) is 8.53. The highest BCUT2D eigenvalue weighted by Crippen LogP contribution is 2.26. The van der Waals surface area contributed by atoms with Crippen LogP contribution >= 0.6 is 11.6 Å². The van der Waals surface area contributed by atoms with Crippen molar-refractivity contribution < 1.29 is 13.2 Å². The largest absolute Gasteiger partial charge is 0.338 e. The van der Waals surface area contributed by atoms with E-state index < -0.39 is 10.0 Å². The monoisotopic (exact) mass is 392 g/mol. The van der Waals surface area contributed by atoms with E-state index in [1.165, 1.54) is 12.1 Å². The first-order chi connectivity index (χ1) is 12.4. The standard InChI is InChI=1S/C19H21ClN2O3S/c1-14-6-5-11-22(13-14)19(23)15-9-10-17(20)18(12-15)26(24,25)21-16-7-3-2-4-8-16/h2-4,7-10,12,14,21H,5-6,11,13H2,1H3/t14-/m1/s1. The third-order valence-corrected chi connectivity index (χ3v) is 6.30. The molecule has 1 amide bonds. The minimum atomic E-state index is -3.89. The molecular formula is C19H21ClN2O3S. The number of carbonyl (C=O) groups excluding carboxylic acids is 1. The fourth-order valence-electron chi connectivity index (χ4n) is 3.12. The summed E-state index contributed by atoms with van der Waals surface area (Å²) in [7, 11) is -3.89. The number of carbonyl (C=O) groups is 1. The predicted octanol–water partition coefficient (Wildman–Crippen LogP) is 4.01. The molecular weight excluding hydrogens is 372 g/mol. The van der Waals surface area contributed by atoms with E-state index in [1.54, 1.807) is 41.3 Å². The second-order valence-electron chi connectivity index (χ2n) is 6.62. The van der Waals surface area contributed by atoms with E-state index in [2.05, 4.69) is 11.6 Å². The molecule has 26 heavy (non-hydrogen) atoms. The van der Waals surface area contributed by atoms with Crippen molar-refractivity contribution in [1.29, 1.82) is 0 Å². The second-order valence-corrected chi connectivity index (χ2v) is 8.67. The smallest absolute Gasteiger partial charge is 0.263 e. The third-order valence-electron chi connectivity index (χ3n) is 4.44. The SMILES string of the molecule is C[C@@H]1CCCN(C(=O)c2ccc(Cl)c(S(=O)(=O)Nc3ccccc3)c2)C1. The number of piperidine rings is 1. The van der Waals surface area contributed by atoms with E-state index in [9.17, 15) is 13.2 Å². The number of anilines is 1. The molecule has 1 aliphatic rings. The summed E-state index contributed by atoms with van der Waals surface area (Å²) in [5, 5.41) is 0.0805. The van der Waals surface area contributed by atoms with Gasteiger partial charge in [-0.2, -0.15) is 0 Å². The van der Waals surface area contributed by atoms with Crippen LogP contribution in [0.2, 0.25) is 5.02 Å². The van der Waals surface area contributed by atoms with Gasteiger partial charge >= 0.3 is 0 Å². The highest BCUT2D eigenvalue weighted by Gasteiger charge is 2.25. The summed E-state index contributed by atoms with van der Waals surface area (Å²) in [6.45, 7) is 3.49. The Morgan fingerprint density at radius 2 is 1.92 bits per heavy atom. The lowest BCUT2D eigenvalue weighted by Crippen LogP contribution is -2.39. The molecule has 0 saturated carbocycles.